The zero-order chi connectivity index (χ0) is 20.8. The molecule has 0 aliphatic carbocycles. The van der Waals surface area contributed by atoms with Crippen molar-refractivity contribution in [2.75, 3.05) is 5.32 Å². The van der Waals surface area contributed by atoms with Gasteiger partial charge in [-0.05, 0) is 22.0 Å². The lowest BCUT2D eigenvalue weighted by Crippen LogP contribution is -1.96. The first-order valence-electron chi connectivity index (χ1n) is 10.3. The van der Waals surface area contributed by atoms with Crippen LogP contribution in [-0.4, -0.2) is 0 Å². The number of benzene rings is 6. The quantitative estimate of drug-likeness (QED) is 0.240. The van der Waals surface area contributed by atoms with E-state index in [-0.39, 0.29) is 0 Å². The Morgan fingerprint density at radius 1 is 0.484 bits per heavy atom. The van der Waals surface area contributed by atoms with E-state index < -0.39 is 0 Å². The summed E-state index contributed by atoms with van der Waals surface area (Å²) in [7, 11) is 0. The van der Waals surface area contributed by atoms with E-state index in [4.69, 9.17) is 0 Å². The van der Waals surface area contributed by atoms with Crippen LogP contribution in [0.3, 0.4) is 0 Å². The third-order valence-corrected chi connectivity index (χ3v) is 6.02. The summed E-state index contributed by atoms with van der Waals surface area (Å²) < 4.78 is 0. The summed E-state index contributed by atoms with van der Waals surface area (Å²) in [5.41, 5.74) is 2.54. The molecule has 3 heteroatoms. The predicted molar refractivity (Wildman–Crippen MR) is 132 cm³/mol. The number of anilines is 2. The van der Waals surface area contributed by atoms with Gasteiger partial charge in [-0.2, -0.15) is 0 Å². The molecule has 0 fully saturated rings. The van der Waals surface area contributed by atoms with Crippen molar-refractivity contribution in [1.29, 1.82) is 0 Å². The molecule has 0 saturated heterocycles. The van der Waals surface area contributed by atoms with Gasteiger partial charge in [0.2, 0.25) is 0 Å². The Labute approximate surface area is 178 Å². The molecular weight excluding hydrogens is 380 g/mol. The van der Waals surface area contributed by atoms with Crippen molar-refractivity contribution in [2.45, 2.75) is 0 Å². The summed E-state index contributed by atoms with van der Waals surface area (Å²) in [6, 6.07) is 35.0. The first-order valence-corrected chi connectivity index (χ1v) is 10.3. The molecule has 0 radical (unpaired) electrons. The van der Waals surface area contributed by atoms with Gasteiger partial charge in [-0.15, -0.1) is 4.91 Å². The van der Waals surface area contributed by atoms with Gasteiger partial charge < -0.3 is 5.32 Å². The number of nitrogens with one attached hydrogen (secondary N) is 1. The van der Waals surface area contributed by atoms with E-state index in [9.17, 15) is 4.91 Å². The van der Waals surface area contributed by atoms with Crippen molar-refractivity contribution in [3.63, 3.8) is 0 Å². The van der Waals surface area contributed by atoms with E-state index in [0.29, 0.717) is 5.69 Å². The Balaban J connectivity index is 1.75. The molecule has 0 aromatic heterocycles. The number of hydrogen-bond donors (Lipinski definition) is 1. The number of hydrogen-bond acceptors (Lipinski definition) is 3. The van der Waals surface area contributed by atoms with E-state index in [2.05, 4.69) is 65.1 Å². The average Bonchev–Trinajstić information content (AvgIpc) is 2.83. The van der Waals surface area contributed by atoms with Gasteiger partial charge in [-0.3, -0.25) is 0 Å². The first kappa shape index (κ1) is 17.6. The van der Waals surface area contributed by atoms with Crippen molar-refractivity contribution in [2.24, 2.45) is 5.18 Å². The van der Waals surface area contributed by atoms with Crippen LogP contribution in [0, 0.1) is 4.91 Å². The second kappa shape index (κ2) is 6.92. The molecule has 0 amide bonds. The predicted octanol–water partition coefficient (Wildman–Crippen LogP) is 8.44. The molecule has 0 unspecified atom stereocenters. The molecule has 0 heterocycles. The molecule has 6 rings (SSSR count). The zero-order valence-corrected chi connectivity index (χ0v) is 16.7. The molecule has 0 saturated carbocycles. The molecule has 6 aromatic rings. The Morgan fingerprint density at radius 3 is 1.35 bits per heavy atom. The highest BCUT2D eigenvalue weighted by Gasteiger charge is 2.16. The van der Waals surface area contributed by atoms with Crippen LogP contribution in [0.1, 0.15) is 0 Å². The minimum Gasteiger partial charge on any atom is -0.353 e. The minimum absolute atomic E-state index is 0.486. The highest BCUT2D eigenvalue weighted by Crippen LogP contribution is 2.44. The number of nitrogens with zero attached hydrogens (tertiary/aromatic N) is 1. The maximum absolute atomic E-state index is 11.8. The Morgan fingerprint density at radius 2 is 0.871 bits per heavy atom. The van der Waals surface area contributed by atoms with E-state index in [1.54, 1.807) is 0 Å². The fourth-order valence-electron chi connectivity index (χ4n) is 4.61. The maximum atomic E-state index is 11.8. The molecule has 31 heavy (non-hydrogen) atoms. The highest BCUT2D eigenvalue weighted by molar-refractivity contribution is 6.22. The lowest BCUT2D eigenvalue weighted by molar-refractivity contribution is 1.56. The summed E-state index contributed by atoms with van der Waals surface area (Å²) >= 11 is 0. The topological polar surface area (TPSA) is 41.5 Å². The highest BCUT2D eigenvalue weighted by atomic mass is 16.3. The van der Waals surface area contributed by atoms with Crippen molar-refractivity contribution in [3.8, 4) is 0 Å². The van der Waals surface area contributed by atoms with Crippen LogP contribution in [-0.2, 0) is 0 Å². The third kappa shape index (κ3) is 2.67. The lowest BCUT2D eigenvalue weighted by atomic mass is 9.97. The molecule has 0 spiro atoms. The SMILES string of the molecule is O=Nc1c2ccccc2c(Nc2c3ccccc3cc3ccccc23)c2ccccc12. The number of fused-ring (bicyclic) bond motifs is 4. The number of rotatable bonds is 3. The second-order valence-corrected chi connectivity index (χ2v) is 7.72. The van der Waals surface area contributed by atoms with Crippen LogP contribution in [0.5, 0.6) is 0 Å². The van der Waals surface area contributed by atoms with Crippen molar-refractivity contribution in [1.82, 2.24) is 0 Å². The van der Waals surface area contributed by atoms with Crippen molar-refractivity contribution >= 4 is 60.2 Å². The van der Waals surface area contributed by atoms with Crippen molar-refractivity contribution < 1.29 is 0 Å². The molecule has 3 nitrogen and oxygen atoms in total. The van der Waals surface area contributed by atoms with E-state index >= 15 is 0 Å². The molecule has 0 aliphatic rings. The molecule has 1 N–H and O–H groups in total. The van der Waals surface area contributed by atoms with Crippen LogP contribution in [0.2, 0.25) is 0 Å². The smallest absolute Gasteiger partial charge is 0.123 e. The monoisotopic (exact) mass is 398 g/mol. The van der Waals surface area contributed by atoms with Gasteiger partial charge in [0.15, 0.2) is 0 Å². The van der Waals surface area contributed by atoms with Crippen LogP contribution in [0.15, 0.2) is 108 Å². The van der Waals surface area contributed by atoms with Gasteiger partial charge in [0, 0.05) is 32.3 Å². The summed E-state index contributed by atoms with van der Waals surface area (Å²) in [5.74, 6) is 0. The summed E-state index contributed by atoms with van der Waals surface area (Å²) in [6.07, 6.45) is 0. The Kier molecular flexibility index (Phi) is 3.93. The fourth-order valence-corrected chi connectivity index (χ4v) is 4.61. The first-order chi connectivity index (χ1) is 15.3. The van der Waals surface area contributed by atoms with Gasteiger partial charge in [0.05, 0.1) is 11.4 Å². The zero-order valence-electron chi connectivity index (χ0n) is 16.7. The van der Waals surface area contributed by atoms with Crippen molar-refractivity contribution in [3.05, 3.63) is 108 Å². The van der Waals surface area contributed by atoms with Gasteiger partial charge in [-0.1, -0.05) is 97.1 Å². The minimum atomic E-state index is 0.486. The third-order valence-electron chi connectivity index (χ3n) is 6.02. The van der Waals surface area contributed by atoms with Gasteiger partial charge in [0.1, 0.15) is 5.69 Å². The van der Waals surface area contributed by atoms with Crippen LogP contribution < -0.4 is 5.32 Å². The van der Waals surface area contributed by atoms with Crippen LogP contribution >= 0.6 is 0 Å². The van der Waals surface area contributed by atoms with Gasteiger partial charge >= 0.3 is 0 Å². The van der Waals surface area contributed by atoms with Gasteiger partial charge in [-0.25, -0.2) is 0 Å². The maximum Gasteiger partial charge on any atom is 0.123 e. The Bertz CT molecular complexity index is 1520. The largest absolute Gasteiger partial charge is 0.353 e. The average molecular weight is 398 g/mol. The molecular formula is C28H18N2O. The summed E-state index contributed by atoms with van der Waals surface area (Å²) in [6.45, 7) is 0. The summed E-state index contributed by atoms with van der Waals surface area (Å²) in [5, 5.41) is 15.5. The normalized spacial score (nSPS) is 11.4. The lowest BCUT2D eigenvalue weighted by Gasteiger charge is -2.18. The fraction of sp³-hybridized carbons (Fsp3) is 0. The molecule has 0 aliphatic heterocycles. The van der Waals surface area contributed by atoms with Crippen LogP contribution in [0.4, 0.5) is 17.1 Å². The number of nitroso groups, excluding NO2 is 1. The van der Waals surface area contributed by atoms with E-state index in [1.807, 2.05) is 48.5 Å². The van der Waals surface area contributed by atoms with E-state index in [1.165, 1.54) is 10.8 Å². The molecule has 0 atom stereocenters. The van der Waals surface area contributed by atoms with Crippen LogP contribution in [0.25, 0.3) is 43.1 Å². The Hall–Kier alpha value is -4.24. The molecule has 6 aromatic carbocycles. The molecule has 0 bridgehead atoms. The van der Waals surface area contributed by atoms with E-state index in [0.717, 1.165) is 43.7 Å². The second-order valence-electron chi connectivity index (χ2n) is 7.72. The molecule has 146 valence electrons. The summed E-state index contributed by atoms with van der Waals surface area (Å²) in [4.78, 5) is 11.8. The standard InChI is InChI=1S/C28H18N2O/c31-30-28-24-15-7-5-13-22(24)27(23-14-6-8-16-25(23)28)29-26-20-11-3-1-9-18(20)17-19-10-2-4-12-21(19)26/h1-17,29H. The van der Waals surface area contributed by atoms with Gasteiger partial charge in [0.25, 0.3) is 0 Å².